The molecule has 8 nitrogen and oxygen atoms in total. The molecule has 0 spiro atoms. The summed E-state index contributed by atoms with van der Waals surface area (Å²) in [6, 6.07) is 19.1. The number of hydrogen-bond acceptors (Lipinski definition) is 8. The largest absolute Gasteiger partial charge is 0.493 e. The summed E-state index contributed by atoms with van der Waals surface area (Å²) in [6.45, 7) is 0. The van der Waals surface area contributed by atoms with Crippen LogP contribution in [0, 0.1) is 0 Å². The van der Waals surface area contributed by atoms with E-state index in [1.807, 2.05) is 65.2 Å². The van der Waals surface area contributed by atoms with Crippen molar-refractivity contribution in [3.63, 3.8) is 0 Å². The van der Waals surface area contributed by atoms with Crippen molar-refractivity contribution in [3.8, 4) is 28.6 Å². The minimum Gasteiger partial charge on any atom is -0.493 e. The molecule has 0 radical (unpaired) electrons. The summed E-state index contributed by atoms with van der Waals surface area (Å²) in [5, 5.41) is 13.4. The highest BCUT2D eigenvalue weighted by Crippen LogP contribution is 2.34. The van der Waals surface area contributed by atoms with Crippen molar-refractivity contribution in [3.05, 3.63) is 69.3 Å². The maximum Gasteiger partial charge on any atom is 0.250 e. The minimum absolute atomic E-state index is 0.127. The predicted octanol–water partition coefficient (Wildman–Crippen LogP) is 5.02. The average molecular weight is 558 g/mol. The van der Waals surface area contributed by atoms with Crippen LogP contribution in [0.1, 0.15) is 4.88 Å². The van der Waals surface area contributed by atoms with E-state index in [4.69, 9.17) is 9.47 Å². The van der Waals surface area contributed by atoms with E-state index in [2.05, 4.69) is 36.7 Å². The third kappa shape index (κ3) is 5.66. The number of rotatable bonds is 9. The molecular weight excluding hydrogens is 538 g/mol. The van der Waals surface area contributed by atoms with Crippen molar-refractivity contribution in [1.29, 1.82) is 0 Å². The number of para-hydroxylation sites is 1. The van der Waals surface area contributed by atoms with Gasteiger partial charge in [-0.1, -0.05) is 30.0 Å². The zero-order valence-corrected chi connectivity index (χ0v) is 21.5. The molecule has 34 heavy (non-hydrogen) atoms. The molecule has 0 fully saturated rings. The van der Waals surface area contributed by atoms with Crippen molar-refractivity contribution >= 4 is 51.2 Å². The van der Waals surface area contributed by atoms with Crippen LogP contribution in [0.5, 0.6) is 11.5 Å². The van der Waals surface area contributed by atoms with Crippen LogP contribution in [-0.2, 0) is 4.79 Å². The number of carbonyl (C=O) groups excluding carboxylic acids is 1. The second-order valence-corrected chi connectivity index (χ2v) is 10.2. The van der Waals surface area contributed by atoms with Gasteiger partial charge in [0.2, 0.25) is 0 Å². The Morgan fingerprint density at radius 1 is 1.12 bits per heavy atom. The fourth-order valence-electron chi connectivity index (χ4n) is 3.06. The lowest BCUT2D eigenvalue weighted by molar-refractivity contribution is -0.118. The Balaban J connectivity index is 1.55. The Bertz CT molecular complexity index is 1310. The lowest BCUT2D eigenvalue weighted by Crippen LogP contribution is -2.19. The number of nitrogens with one attached hydrogen (secondary N) is 1. The van der Waals surface area contributed by atoms with E-state index >= 15 is 0 Å². The number of hydrazone groups is 1. The molecule has 0 aliphatic carbocycles. The molecule has 4 rings (SSSR count). The van der Waals surface area contributed by atoms with Gasteiger partial charge < -0.3 is 9.47 Å². The van der Waals surface area contributed by atoms with Crippen LogP contribution >= 0.6 is 39.0 Å². The molecule has 0 saturated heterocycles. The Kier molecular flexibility index (Phi) is 7.99. The van der Waals surface area contributed by atoms with Crippen LogP contribution in [0.2, 0.25) is 0 Å². The highest BCUT2D eigenvalue weighted by Gasteiger charge is 2.18. The van der Waals surface area contributed by atoms with Gasteiger partial charge in [-0.25, -0.2) is 5.43 Å². The minimum atomic E-state index is -0.243. The number of hydrogen-bond donors (Lipinski definition) is 1. The molecule has 174 valence electrons. The molecule has 11 heteroatoms. The number of nitrogens with zero attached hydrogens (tertiary/aromatic N) is 4. The van der Waals surface area contributed by atoms with Gasteiger partial charge in [-0.3, -0.25) is 9.36 Å². The van der Waals surface area contributed by atoms with Crippen molar-refractivity contribution in [2.75, 3.05) is 20.0 Å². The molecule has 2 aromatic carbocycles. The first-order valence-corrected chi connectivity index (χ1v) is 12.6. The van der Waals surface area contributed by atoms with E-state index in [0.29, 0.717) is 22.5 Å². The second kappa shape index (κ2) is 11.3. The molecule has 4 aromatic rings. The van der Waals surface area contributed by atoms with E-state index in [1.165, 1.54) is 23.1 Å². The van der Waals surface area contributed by atoms with Gasteiger partial charge in [0, 0.05) is 16.1 Å². The van der Waals surface area contributed by atoms with Crippen molar-refractivity contribution in [2.24, 2.45) is 5.10 Å². The number of halogens is 1. The molecule has 1 N–H and O–H groups in total. The van der Waals surface area contributed by atoms with Crippen molar-refractivity contribution < 1.29 is 14.3 Å². The maximum atomic E-state index is 12.4. The number of amides is 1. The van der Waals surface area contributed by atoms with Gasteiger partial charge in [0.1, 0.15) is 0 Å². The van der Waals surface area contributed by atoms with Crippen LogP contribution in [0.25, 0.3) is 17.1 Å². The highest BCUT2D eigenvalue weighted by molar-refractivity contribution is 9.11. The Hall–Kier alpha value is -3.15. The number of thioether (sulfide) groups is 1. The summed E-state index contributed by atoms with van der Waals surface area (Å²) in [5.41, 5.74) is 4.23. The molecule has 0 bridgehead atoms. The topological polar surface area (TPSA) is 90.6 Å². The van der Waals surface area contributed by atoms with Crippen molar-refractivity contribution in [2.45, 2.75) is 5.16 Å². The first-order chi connectivity index (χ1) is 16.6. The van der Waals surface area contributed by atoms with Gasteiger partial charge in [-0.15, -0.1) is 21.5 Å². The summed E-state index contributed by atoms with van der Waals surface area (Å²) in [6.07, 6.45) is 1.61. The molecule has 1 amide bonds. The standard InChI is InChI=1S/C23H20BrN5O3S2/c1-31-18-10-8-15(12-19(18)32-2)22-27-28-23(29(22)16-6-4-3-5-7-16)33-14-21(30)26-25-13-17-9-11-20(24)34-17/h3-13H,14H2,1-2H3,(H,26,30). The first kappa shape index (κ1) is 24.0. The fourth-order valence-corrected chi connectivity index (χ4v) is 5.10. The number of ether oxygens (including phenoxy) is 2. The maximum absolute atomic E-state index is 12.4. The number of methoxy groups -OCH3 is 2. The molecule has 2 aromatic heterocycles. The lowest BCUT2D eigenvalue weighted by Gasteiger charge is -2.12. The third-order valence-corrected chi connectivity index (χ3v) is 7.08. The molecule has 0 atom stereocenters. The predicted molar refractivity (Wildman–Crippen MR) is 138 cm³/mol. The third-order valence-electron chi connectivity index (χ3n) is 4.60. The van der Waals surface area contributed by atoms with Gasteiger partial charge in [0.15, 0.2) is 22.5 Å². The van der Waals surface area contributed by atoms with E-state index in [1.54, 1.807) is 20.4 Å². The number of aromatic nitrogens is 3. The summed E-state index contributed by atoms with van der Waals surface area (Å²) in [4.78, 5) is 13.3. The second-order valence-electron chi connectivity index (χ2n) is 6.77. The highest BCUT2D eigenvalue weighted by atomic mass is 79.9. The number of carbonyl (C=O) groups is 1. The summed E-state index contributed by atoms with van der Waals surface area (Å²) in [5.74, 6) is 1.72. The molecular formula is C23H20BrN5O3S2. The van der Waals surface area contributed by atoms with Gasteiger partial charge in [0.05, 0.1) is 30.0 Å². The molecule has 0 aliphatic heterocycles. The summed E-state index contributed by atoms with van der Waals surface area (Å²) in [7, 11) is 3.18. The van der Waals surface area contributed by atoms with Crippen LogP contribution in [0.4, 0.5) is 0 Å². The number of thiophene rings is 1. The summed E-state index contributed by atoms with van der Waals surface area (Å²) >= 11 is 6.20. The zero-order valence-electron chi connectivity index (χ0n) is 18.3. The molecule has 0 aliphatic rings. The van der Waals surface area contributed by atoms with Gasteiger partial charge >= 0.3 is 0 Å². The van der Waals surface area contributed by atoms with Crippen LogP contribution in [-0.4, -0.2) is 46.9 Å². The van der Waals surface area contributed by atoms with Crippen molar-refractivity contribution in [1.82, 2.24) is 20.2 Å². The lowest BCUT2D eigenvalue weighted by atomic mass is 10.2. The molecule has 0 unspecified atom stereocenters. The van der Waals surface area contributed by atoms with Crippen LogP contribution in [0.3, 0.4) is 0 Å². The molecule has 0 saturated carbocycles. The quantitative estimate of drug-likeness (QED) is 0.176. The van der Waals surface area contributed by atoms with Gasteiger partial charge in [-0.2, -0.15) is 5.10 Å². The smallest absolute Gasteiger partial charge is 0.250 e. The average Bonchev–Trinajstić information content (AvgIpc) is 3.48. The Labute approximate surface area is 213 Å². The van der Waals surface area contributed by atoms with E-state index in [9.17, 15) is 4.79 Å². The fraction of sp³-hybridized carbons (Fsp3) is 0.130. The Morgan fingerprint density at radius 2 is 1.91 bits per heavy atom. The summed E-state index contributed by atoms with van der Waals surface area (Å²) < 4.78 is 13.7. The van der Waals surface area contributed by atoms with Crippen LogP contribution < -0.4 is 14.9 Å². The van der Waals surface area contributed by atoms with Gasteiger partial charge in [0.25, 0.3) is 5.91 Å². The Morgan fingerprint density at radius 3 is 2.62 bits per heavy atom. The molecule has 2 heterocycles. The van der Waals surface area contributed by atoms with E-state index in [-0.39, 0.29) is 11.7 Å². The van der Waals surface area contributed by atoms with Crippen LogP contribution in [0.15, 0.2) is 74.7 Å². The first-order valence-electron chi connectivity index (χ1n) is 10.0. The van der Waals surface area contributed by atoms with E-state index < -0.39 is 0 Å². The monoisotopic (exact) mass is 557 g/mol. The SMILES string of the molecule is COc1ccc(-c2nnc(SCC(=O)NN=Cc3ccc(Br)s3)n2-c2ccccc2)cc1OC. The normalized spacial score (nSPS) is 11.0. The number of benzene rings is 2. The van der Waals surface area contributed by atoms with E-state index in [0.717, 1.165) is 19.9 Å². The zero-order chi connectivity index (χ0) is 23.9. The van der Waals surface area contributed by atoms with Gasteiger partial charge in [-0.05, 0) is 58.4 Å².